The fourth-order valence-electron chi connectivity index (χ4n) is 1.99. The van der Waals surface area contributed by atoms with Gasteiger partial charge in [0.05, 0.1) is 12.8 Å². The summed E-state index contributed by atoms with van der Waals surface area (Å²) in [6.45, 7) is 4.03. The molecule has 0 amide bonds. The molecule has 4 N–H and O–H groups in total. The number of esters is 1. The Bertz CT molecular complexity index is 721. The van der Waals surface area contributed by atoms with Crippen molar-refractivity contribution in [2.75, 3.05) is 6.61 Å². The topological polar surface area (TPSA) is 92.5 Å². The molecule has 2 aromatic rings. The minimum absolute atomic E-state index is 0.0555. The highest BCUT2D eigenvalue weighted by atomic mass is 32.1. The van der Waals surface area contributed by atoms with Crippen molar-refractivity contribution in [3.63, 3.8) is 0 Å². The van der Waals surface area contributed by atoms with Gasteiger partial charge in [-0.25, -0.2) is 4.79 Å². The second kappa shape index (κ2) is 6.36. The maximum atomic E-state index is 12.0. The first-order chi connectivity index (χ1) is 10.0. The number of hydrogen-bond donors (Lipinski definition) is 3. The maximum absolute atomic E-state index is 12.0. The Morgan fingerprint density at radius 3 is 3.00 bits per heavy atom. The molecule has 0 unspecified atom stereocenters. The van der Waals surface area contributed by atoms with E-state index in [1.807, 2.05) is 25.1 Å². The number of ether oxygens (including phenoxy) is 1. The Labute approximate surface area is 127 Å². The minimum atomic E-state index is -0.428. The molecule has 1 aromatic carbocycles. The highest BCUT2D eigenvalue weighted by Crippen LogP contribution is 2.23. The molecule has 7 heteroatoms. The van der Waals surface area contributed by atoms with Crippen LogP contribution in [0.5, 0.6) is 0 Å². The number of thiocarbonyl (C=S) groups is 1. The molecule has 0 fully saturated rings. The summed E-state index contributed by atoms with van der Waals surface area (Å²) in [5.41, 5.74) is 10.7. The normalized spacial score (nSPS) is 11.0. The average Bonchev–Trinajstić information content (AvgIpc) is 2.77. The van der Waals surface area contributed by atoms with Crippen LogP contribution in [0.15, 0.2) is 23.3 Å². The van der Waals surface area contributed by atoms with Gasteiger partial charge in [-0.1, -0.05) is 11.6 Å². The van der Waals surface area contributed by atoms with Crippen molar-refractivity contribution in [2.45, 2.75) is 13.8 Å². The Morgan fingerprint density at radius 1 is 1.57 bits per heavy atom. The molecule has 0 saturated heterocycles. The Balaban J connectivity index is 2.53. The van der Waals surface area contributed by atoms with Crippen molar-refractivity contribution in [1.82, 2.24) is 10.4 Å². The number of aromatic amines is 1. The van der Waals surface area contributed by atoms with E-state index in [-0.39, 0.29) is 5.11 Å². The number of benzene rings is 1. The van der Waals surface area contributed by atoms with Gasteiger partial charge in [-0.05, 0) is 38.2 Å². The smallest absolute Gasteiger partial charge is 0.355 e. The highest BCUT2D eigenvalue weighted by Gasteiger charge is 2.17. The van der Waals surface area contributed by atoms with Crippen LogP contribution in [0.1, 0.15) is 28.5 Å². The molecule has 6 nitrogen and oxygen atoms in total. The lowest BCUT2D eigenvalue weighted by Crippen LogP contribution is -2.24. The monoisotopic (exact) mass is 304 g/mol. The van der Waals surface area contributed by atoms with E-state index in [4.69, 9.17) is 10.5 Å². The van der Waals surface area contributed by atoms with Gasteiger partial charge >= 0.3 is 5.97 Å². The number of nitrogens with zero attached hydrogens (tertiary/aromatic N) is 1. The van der Waals surface area contributed by atoms with Gasteiger partial charge in [0, 0.05) is 16.5 Å². The van der Waals surface area contributed by atoms with Crippen LogP contribution >= 0.6 is 12.2 Å². The Hall–Kier alpha value is -2.41. The van der Waals surface area contributed by atoms with Crippen LogP contribution in [0.4, 0.5) is 0 Å². The zero-order chi connectivity index (χ0) is 15.4. The lowest BCUT2D eigenvalue weighted by molar-refractivity contribution is 0.0520. The van der Waals surface area contributed by atoms with Crippen LogP contribution < -0.4 is 11.2 Å². The van der Waals surface area contributed by atoms with Crippen LogP contribution in [0.25, 0.3) is 10.9 Å². The number of nitrogens with one attached hydrogen (secondary N) is 2. The minimum Gasteiger partial charge on any atom is -0.461 e. The molecule has 0 bridgehead atoms. The van der Waals surface area contributed by atoms with Crippen molar-refractivity contribution >= 4 is 40.4 Å². The number of fused-ring (bicyclic) bond motifs is 1. The SMILES string of the molecule is CCOC(=O)c1[nH]c2ccc(C)cc2c1/C=N/NC(N)=S. The zero-order valence-corrected chi connectivity index (χ0v) is 12.6. The first kappa shape index (κ1) is 15.0. The summed E-state index contributed by atoms with van der Waals surface area (Å²) >= 11 is 4.69. The highest BCUT2D eigenvalue weighted by molar-refractivity contribution is 7.80. The summed E-state index contributed by atoms with van der Waals surface area (Å²) in [6, 6.07) is 5.84. The lowest BCUT2D eigenvalue weighted by Gasteiger charge is -2.01. The summed E-state index contributed by atoms with van der Waals surface area (Å²) in [7, 11) is 0. The quantitative estimate of drug-likeness (QED) is 0.347. The van der Waals surface area contributed by atoms with Gasteiger partial charge in [-0.15, -0.1) is 0 Å². The second-order valence-corrected chi connectivity index (χ2v) is 4.86. The van der Waals surface area contributed by atoms with E-state index in [1.165, 1.54) is 6.21 Å². The number of aromatic nitrogens is 1. The van der Waals surface area contributed by atoms with Gasteiger partial charge in [0.25, 0.3) is 0 Å². The number of nitrogens with two attached hydrogens (primary N) is 1. The van der Waals surface area contributed by atoms with Crippen LogP contribution in [-0.4, -0.2) is 28.9 Å². The summed E-state index contributed by atoms with van der Waals surface area (Å²) in [4.78, 5) is 15.1. The van der Waals surface area contributed by atoms with Crippen LogP contribution in [0, 0.1) is 6.92 Å². The van der Waals surface area contributed by atoms with E-state index >= 15 is 0 Å². The fraction of sp³-hybridized carbons (Fsp3) is 0.214. The number of aryl methyl sites for hydroxylation is 1. The third-order valence-corrected chi connectivity index (χ3v) is 2.93. The summed E-state index contributed by atoms with van der Waals surface area (Å²) in [6.07, 6.45) is 1.50. The third-order valence-electron chi connectivity index (χ3n) is 2.84. The molecular weight excluding hydrogens is 288 g/mol. The maximum Gasteiger partial charge on any atom is 0.355 e. The molecular formula is C14H16N4O2S. The van der Waals surface area contributed by atoms with Gasteiger partial charge < -0.3 is 15.5 Å². The molecule has 1 heterocycles. The van der Waals surface area contributed by atoms with E-state index in [0.717, 1.165) is 16.5 Å². The van der Waals surface area contributed by atoms with Crippen LogP contribution in [0.2, 0.25) is 0 Å². The van der Waals surface area contributed by atoms with Crippen LogP contribution in [-0.2, 0) is 4.74 Å². The summed E-state index contributed by atoms with van der Waals surface area (Å²) < 4.78 is 5.05. The summed E-state index contributed by atoms with van der Waals surface area (Å²) in [5.74, 6) is -0.428. The molecule has 0 aliphatic carbocycles. The first-order valence-corrected chi connectivity index (χ1v) is 6.81. The fourth-order valence-corrected chi connectivity index (χ4v) is 2.04. The average molecular weight is 304 g/mol. The van der Waals surface area contributed by atoms with Gasteiger partial charge in [-0.3, -0.25) is 5.43 Å². The van der Waals surface area contributed by atoms with Gasteiger partial charge in [0.1, 0.15) is 5.69 Å². The van der Waals surface area contributed by atoms with E-state index in [0.29, 0.717) is 17.9 Å². The van der Waals surface area contributed by atoms with Crippen molar-refractivity contribution in [3.05, 3.63) is 35.0 Å². The number of carbonyl (C=O) groups excluding carboxylic acids is 1. The second-order valence-electron chi connectivity index (χ2n) is 4.42. The summed E-state index contributed by atoms with van der Waals surface area (Å²) in [5, 5.41) is 4.86. The molecule has 0 atom stereocenters. The Morgan fingerprint density at radius 2 is 2.33 bits per heavy atom. The van der Waals surface area contributed by atoms with Crippen molar-refractivity contribution in [1.29, 1.82) is 0 Å². The predicted molar refractivity (Wildman–Crippen MR) is 86.5 cm³/mol. The molecule has 0 aliphatic rings. The molecule has 110 valence electrons. The van der Waals surface area contributed by atoms with E-state index in [2.05, 4.69) is 27.7 Å². The van der Waals surface area contributed by atoms with Crippen molar-refractivity contribution in [3.8, 4) is 0 Å². The zero-order valence-electron chi connectivity index (χ0n) is 11.8. The molecule has 0 radical (unpaired) electrons. The van der Waals surface area contributed by atoms with Gasteiger partial charge in [0.15, 0.2) is 5.11 Å². The predicted octanol–water partition coefficient (Wildman–Crippen LogP) is 1.82. The number of H-pyrrole nitrogens is 1. The number of rotatable bonds is 4. The van der Waals surface area contributed by atoms with E-state index in [1.54, 1.807) is 6.92 Å². The lowest BCUT2D eigenvalue weighted by atomic mass is 10.1. The molecule has 0 spiro atoms. The first-order valence-electron chi connectivity index (χ1n) is 6.41. The van der Waals surface area contributed by atoms with Crippen molar-refractivity contribution < 1.29 is 9.53 Å². The number of hydrogen-bond acceptors (Lipinski definition) is 4. The van der Waals surface area contributed by atoms with E-state index < -0.39 is 5.97 Å². The molecule has 0 saturated carbocycles. The third kappa shape index (κ3) is 3.38. The van der Waals surface area contributed by atoms with E-state index in [9.17, 15) is 4.79 Å². The largest absolute Gasteiger partial charge is 0.461 e. The Kier molecular flexibility index (Phi) is 4.54. The number of hydrazone groups is 1. The van der Waals surface area contributed by atoms with Gasteiger partial charge in [-0.2, -0.15) is 5.10 Å². The number of carbonyl (C=O) groups is 1. The van der Waals surface area contributed by atoms with Crippen molar-refractivity contribution in [2.24, 2.45) is 10.8 Å². The molecule has 1 aromatic heterocycles. The van der Waals surface area contributed by atoms with Gasteiger partial charge in [0.2, 0.25) is 0 Å². The molecule has 21 heavy (non-hydrogen) atoms. The molecule has 0 aliphatic heterocycles. The van der Waals surface area contributed by atoms with Crippen LogP contribution in [0.3, 0.4) is 0 Å². The standard InChI is InChI=1S/C14H16N4O2S/c1-3-20-13(19)12-10(7-16-18-14(15)21)9-6-8(2)4-5-11(9)17-12/h4-7,17H,3H2,1-2H3,(H3,15,18,21)/b16-7+. The molecule has 2 rings (SSSR count).